The van der Waals surface area contributed by atoms with Gasteiger partial charge in [0.2, 0.25) is 5.91 Å². The molecule has 3 aromatic rings. The lowest BCUT2D eigenvalue weighted by Crippen LogP contribution is -2.31. The third-order valence-electron chi connectivity index (χ3n) is 4.57. The number of carbonyl (C=O) groups is 2. The number of likely N-dealkylation sites (tertiary alicyclic amines) is 1. The number of aromatic amines is 1. The quantitative estimate of drug-likeness (QED) is 0.688. The molecule has 0 saturated carbocycles. The molecule has 140 valence electrons. The Labute approximate surface area is 150 Å². The maximum absolute atomic E-state index is 13.3. The monoisotopic (exact) mass is 377 g/mol. The zero-order valence-electron chi connectivity index (χ0n) is 13.9. The third kappa shape index (κ3) is 3.16. The minimum atomic E-state index is -1.60. The Kier molecular flexibility index (Phi) is 4.14. The van der Waals surface area contributed by atoms with Crippen LogP contribution in [0.4, 0.5) is 18.9 Å². The number of aromatic nitrogens is 1. The normalized spacial score (nSPS) is 16.9. The van der Waals surface area contributed by atoms with E-state index >= 15 is 0 Å². The van der Waals surface area contributed by atoms with Gasteiger partial charge in [-0.05, 0) is 6.42 Å². The summed E-state index contributed by atoms with van der Waals surface area (Å²) in [5.41, 5.74) is 1.44. The zero-order chi connectivity index (χ0) is 19.1. The third-order valence-corrected chi connectivity index (χ3v) is 4.57. The van der Waals surface area contributed by atoms with Gasteiger partial charge in [-0.15, -0.1) is 0 Å². The molecule has 27 heavy (non-hydrogen) atoms. The number of benzene rings is 1. The average Bonchev–Trinajstić information content (AvgIpc) is 3.34. The van der Waals surface area contributed by atoms with Crippen LogP contribution in [-0.4, -0.2) is 34.8 Å². The summed E-state index contributed by atoms with van der Waals surface area (Å²) in [4.78, 5) is 29.3. The van der Waals surface area contributed by atoms with Crippen molar-refractivity contribution in [3.05, 3.63) is 53.7 Å². The van der Waals surface area contributed by atoms with E-state index < -0.39 is 29.3 Å². The van der Waals surface area contributed by atoms with Crippen molar-refractivity contribution < 1.29 is 27.2 Å². The molecule has 1 atom stereocenters. The average molecular weight is 377 g/mol. The second-order valence-electron chi connectivity index (χ2n) is 6.36. The van der Waals surface area contributed by atoms with E-state index in [0.29, 0.717) is 41.9 Å². The van der Waals surface area contributed by atoms with E-state index in [4.69, 9.17) is 4.42 Å². The van der Waals surface area contributed by atoms with Crippen LogP contribution in [0.1, 0.15) is 16.9 Å². The van der Waals surface area contributed by atoms with E-state index in [1.165, 1.54) is 11.2 Å². The van der Waals surface area contributed by atoms with E-state index in [1.807, 2.05) is 0 Å². The molecular formula is C18H14F3N3O3. The van der Waals surface area contributed by atoms with Gasteiger partial charge in [-0.3, -0.25) is 9.59 Å². The van der Waals surface area contributed by atoms with Crippen molar-refractivity contribution in [2.24, 2.45) is 5.92 Å². The first-order valence-corrected chi connectivity index (χ1v) is 8.23. The smallest absolute Gasteiger partial charge is 0.270 e. The van der Waals surface area contributed by atoms with E-state index in [-0.39, 0.29) is 18.1 Å². The number of halogens is 3. The number of furan rings is 1. The Balaban J connectivity index is 1.42. The summed E-state index contributed by atoms with van der Waals surface area (Å²) in [7, 11) is 0. The van der Waals surface area contributed by atoms with Gasteiger partial charge in [-0.25, -0.2) is 13.2 Å². The maximum Gasteiger partial charge on any atom is 0.270 e. The predicted octanol–water partition coefficient (Wildman–Crippen LogP) is 3.28. The first kappa shape index (κ1) is 17.2. The second-order valence-corrected chi connectivity index (χ2v) is 6.36. The molecule has 0 radical (unpaired) electrons. The molecule has 6 nitrogen and oxygen atoms in total. The van der Waals surface area contributed by atoms with E-state index in [9.17, 15) is 22.8 Å². The highest BCUT2D eigenvalue weighted by Gasteiger charge is 2.32. The number of H-pyrrole nitrogens is 1. The van der Waals surface area contributed by atoms with Crippen LogP contribution in [0.5, 0.6) is 0 Å². The molecule has 0 aliphatic carbocycles. The number of nitrogens with zero attached hydrogens (tertiary/aromatic N) is 1. The number of nitrogens with one attached hydrogen (secondary N) is 2. The van der Waals surface area contributed by atoms with Crippen LogP contribution < -0.4 is 5.32 Å². The number of hydrogen-bond acceptors (Lipinski definition) is 3. The molecule has 0 unspecified atom stereocenters. The van der Waals surface area contributed by atoms with Gasteiger partial charge < -0.3 is 19.6 Å². The lowest BCUT2D eigenvalue weighted by atomic mass is 10.1. The molecular weight excluding hydrogens is 363 g/mol. The van der Waals surface area contributed by atoms with Crippen LogP contribution >= 0.6 is 0 Å². The molecule has 1 fully saturated rings. The summed E-state index contributed by atoms with van der Waals surface area (Å²) >= 11 is 0. The minimum absolute atomic E-state index is 0.164. The summed E-state index contributed by atoms with van der Waals surface area (Å²) in [5.74, 6) is -5.66. The van der Waals surface area contributed by atoms with Crippen LogP contribution in [0.15, 0.2) is 34.9 Å². The fraction of sp³-hybridized carbons (Fsp3) is 0.222. The summed E-state index contributed by atoms with van der Waals surface area (Å²) < 4.78 is 44.7. The molecule has 1 aromatic carbocycles. The van der Waals surface area contributed by atoms with Crippen molar-refractivity contribution in [3.63, 3.8) is 0 Å². The maximum atomic E-state index is 13.3. The highest BCUT2D eigenvalue weighted by Crippen LogP contribution is 2.24. The molecule has 1 saturated heterocycles. The first-order chi connectivity index (χ1) is 12.9. The number of fused-ring (bicyclic) bond motifs is 1. The topological polar surface area (TPSA) is 78.3 Å². The molecule has 0 spiro atoms. The first-order valence-electron chi connectivity index (χ1n) is 8.23. The van der Waals surface area contributed by atoms with E-state index in [1.54, 1.807) is 12.1 Å². The summed E-state index contributed by atoms with van der Waals surface area (Å²) in [5, 5.41) is 2.36. The van der Waals surface area contributed by atoms with Gasteiger partial charge in [0.1, 0.15) is 5.69 Å². The van der Waals surface area contributed by atoms with Crippen molar-refractivity contribution >= 4 is 28.6 Å². The fourth-order valence-electron chi connectivity index (χ4n) is 3.16. The van der Waals surface area contributed by atoms with E-state index in [2.05, 4.69) is 10.3 Å². The number of rotatable bonds is 3. The van der Waals surface area contributed by atoms with Gasteiger partial charge in [-0.2, -0.15) is 0 Å². The minimum Gasteiger partial charge on any atom is -0.463 e. The predicted molar refractivity (Wildman–Crippen MR) is 89.5 cm³/mol. The van der Waals surface area contributed by atoms with Crippen molar-refractivity contribution in [2.75, 3.05) is 18.4 Å². The molecule has 1 aliphatic heterocycles. The van der Waals surface area contributed by atoms with Crippen molar-refractivity contribution in [2.45, 2.75) is 6.42 Å². The molecule has 0 bridgehead atoms. The molecule has 2 amide bonds. The van der Waals surface area contributed by atoms with Crippen LogP contribution in [0.2, 0.25) is 0 Å². The molecule has 1 aliphatic rings. The van der Waals surface area contributed by atoms with Crippen molar-refractivity contribution in [3.8, 4) is 0 Å². The summed E-state index contributed by atoms with van der Waals surface area (Å²) in [6.07, 6.45) is 1.91. The number of carbonyl (C=O) groups excluding carboxylic acids is 2. The summed E-state index contributed by atoms with van der Waals surface area (Å²) in [6, 6.07) is 4.72. The lowest BCUT2D eigenvalue weighted by molar-refractivity contribution is -0.119. The van der Waals surface area contributed by atoms with Crippen LogP contribution in [0.25, 0.3) is 11.1 Å². The standard InChI is InChI=1S/C18H14F3N3O3/c19-11-5-10(6-12(20)16(11)21)22-17(25)9-1-3-24(8-9)18(26)14-7-15-13(23-14)2-4-27-15/h2,4-7,9,23H,1,3,8H2,(H,22,25)/t9-/m0/s1. The van der Waals surface area contributed by atoms with Crippen LogP contribution in [0.3, 0.4) is 0 Å². The molecule has 2 N–H and O–H groups in total. The number of hydrogen-bond donors (Lipinski definition) is 2. The van der Waals surface area contributed by atoms with E-state index in [0.717, 1.165) is 0 Å². The van der Waals surface area contributed by atoms with Gasteiger partial charge in [0.25, 0.3) is 5.91 Å². The van der Waals surface area contributed by atoms with Gasteiger partial charge in [0.15, 0.2) is 23.0 Å². The number of amides is 2. The van der Waals surface area contributed by atoms with Crippen LogP contribution in [0, 0.1) is 23.4 Å². The van der Waals surface area contributed by atoms with Gasteiger partial charge >= 0.3 is 0 Å². The Hall–Kier alpha value is -3.23. The van der Waals surface area contributed by atoms with Crippen molar-refractivity contribution in [1.29, 1.82) is 0 Å². The highest BCUT2D eigenvalue weighted by atomic mass is 19.2. The lowest BCUT2D eigenvalue weighted by Gasteiger charge is -2.15. The van der Waals surface area contributed by atoms with Crippen molar-refractivity contribution in [1.82, 2.24) is 9.88 Å². The molecule has 4 rings (SSSR count). The Bertz CT molecular complexity index is 991. The Morgan fingerprint density at radius 2 is 1.93 bits per heavy atom. The van der Waals surface area contributed by atoms with Crippen LogP contribution in [-0.2, 0) is 4.79 Å². The largest absolute Gasteiger partial charge is 0.463 e. The van der Waals surface area contributed by atoms with Gasteiger partial charge in [-0.1, -0.05) is 0 Å². The van der Waals surface area contributed by atoms with Gasteiger partial charge in [0.05, 0.1) is 17.7 Å². The molecule has 3 heterocycles. The molecule has 2 aromatic heterocycles. The zero-order valence-corrected chi connectivity index (χ0v) is 13.9. The summed E-state index contributed by atoms with van der Waals surface area (Å²) in [6.45, 7) is 0.528. The fourth-order valence-corrected chi connectivity index (χ4v) is 3.16. The highest BCUT2D eigenvalue weighted by molar-refractivity contribution is 5.98. The number of anilines is 1. The Morgan fingerprint density at radius 1 is 1.19 bits per heavy atom. The second kappa shape index (κ2) is 6.49. The SMILES string of the molecule is O=C(Nc1cc(F)c(F)c(F)c1)[C@H]1CCN(C(=O)c2cc3occc3[nH]2)C1. The Morgan fingerprint density at radius 3 is 2.63 bits per heavy atom. The molecule has 9 heteroatoms. The van der Waals surface area contributed by atoms with Gasteiger partial charge in [0, 0.05) is 43.0 Å².